The van der Waals surface area contributed by atoms with Crippen LogP contribution in [0.1, 0.15) is 24.2 Å². The molecule has 6 heteroatoms. The van der Waals surface area contributed by atoms with E-state index in [2.05, 4.69) is 37.0 Å². The third kappa shape index (κ3) is 2.44. The van der Waals surface area contributed by atoms with Crippen molar-refractivity contribution in [3.63, 3.8) is 0 Å². The summed E-state index contributed by atoms with van der Waals surface area (Å²) in [6.07, 6.45) is 0. The van der Waals surface area contributed by atoms with Crippen molar-refractivity contribution in [3.05, 3.63) is 43.4 Å². The quantitative estimate of drug-likeness (QED) is 0.813. The van der Waals surface area contributed by atoms with Gasteiger partial charge in [-0.05, 0) is 47.5 Å². The molecule has 1 aromatic heterocycles. The van der Waals surface area contributed by atoms with E-state index < -0.39 is 0 Å². The topological polar surface area (TPSA) is 43.8 Å². The summed E-state index contributed by atoms with van der Waals surface area (Å²) in [6, 6.07) is 5.78. The van der Waals surface area contributed by atoms with E-state index in [0.29, 0.717) is 10.8 Å². The van der Waals surface area contributed by atoms with E-state index in [0.717, 1.165) is 20.2 Å². The molecule has 0 spiro atoms. The molecule has 1 atom stereocenters. The number of halogens is 3. The van der Waals surface area contributed by atoms with Gasteiger partial charge < -0.3 is 5.73 Å². The molecule has 0 amide bonds. The largest absolute Gasteiger partial charge is 0.383 e. The van der Waals surface area contributed by atoms with Gasteiger partial charge in [0, 0.05) is 9.50 Å². The highest BCUT2D eigenvalue weighted by Gasteiger charge is 2.18. The van der Waals surface area contributed by atoms with Crippen molar-refractivity contribution in [1.82, 2.24) is 9.78 Å². The van der Waals surface area contributed by atoms with Crippen molar-refractivity contribution in [1.29, 1.82) is 0 Å². The number of rotatable bonds is 2. The minimum absolute atomic E-state index is 0.0180. The van der Waals surface area contributed by atoms with E-state index in [1.54, 1.807) is 4.68 Å². The lowest BCUT2D eigenvalue weighted by molar-refractivity contribution is 0.569. The lowest BCUT2D eigenvalue weighted by atomic mass is 10.1. The fourth-order valence-electron chi connectivity index (χ4n) is 1.81. The summed E-state index contributed by atoms with van der Waals surface area (Å²) < 4.78 is 3.56. The van der Waals surface area contributed by atoms with Gasteiger partial charge in [-0.15, -0.1) is 0 Å². The molecule has 1 heterocycles. The van der Waals surface area contributed by atoms with Crippen LogP contribution in [0.4, 0.5) is 5.82 Å². The number of nitrogen functional groups attached to an aromatic ring is 1. The second kappa shape index (κ2) is 5.23. The molecular formula is C12H12Br2ClN3. The number of aromatic nitrogens is 2. The maximum Gasteiger partial charge on any atom is 0.137 e. The highest BCUT2D eigenvalue weighted by atomic mass is 79.9. The molecule has 2 aromatic rings. The zero-order valence-electron chi connectivity index (χ0n) is 9.92. The second-order valence-electron chi connectivity index (χ2n) is 4.07. The maximum atomic E-state index is 6.25. The van der Waals surface area contributed by atoms with Gasteiger partial charge in [-0.25, -0.2) is 4.68 Å². The molecule has 3 nitrogen and oxygen atoms in total. The Labute approximate surface area is 128 Å². The molecule has 0 aliphatic rings. The molecule has 2 N–H and O–H groups in total. The van der Waals surface area contributed by atoms with Gasteiger partial charge in [0.25, 0.3) is 0 Å². The summed E-state index contributed by atoms with van der Waals surface area (Å²) in [5.41, 5.74) is 7.88. The third-order valence-electron chi connectivity index (χ3n) is 2.83. The summed E-state index contributed by atoms with van der Waals surface area (Å²) in [7, 11) is 0. The highest BCUT2D eigenvalue weighted by molar-refractivity contribution is 9.11. The Morgan fingerprint density at radius 3 is 2.56 bits per heavy atom. The van der Waals surface area contributed by atoms with Crippen LogP contribution in [0, 0.1) is 6.92 Å². The fraction of sp³-hybridized carbons (Fsp3) is 0.250. The Bertz CT molecular complexity index is 595. The van der Waals surface area contributed by atoms with Crippen LogP contribution < -0.4 is 5.73 Å². The lowest BCUT2D eigenvalue weighted by Gasteiger charge is -2.16. The molecule has 0 aliphatic heterocycles. The van der Waals surface area contributed by atoms with Crippen LogP contribution in [0.25, 0.3) is 0 Å². The van der Waals surface area contributed by atoms with Gasteiger partial charge in [0.05, 0.1) is 16.2 Å². The third-order valence-corrected chi connectivity index (χ3v) is 4.63. The molecule has 0 aliphatic carbocycles. The zero-order chi connectivity index (χ0) is 13.4. The van der Waals surface area contributed by atoms with Crippen molar-refractivity contribution in [2.45, 2.75) is 19.9 Å². The Morgan fingerprint density at radius 1 is 1.39 bits per heavy atom. The molecule has 0 bridgehead atoms. The number of hydrogen-bond acceptors (Lipinski definition) is 2. The van der Waals surface area contributed by atoms with E-state index in [4.69, 9.17) is 17.3 Å². The summed E-state index contributed by atoms with van der Waals surface area (Å²) in [6.45, 7) is 3.93. The zero-order valence-corrected chi connectivity index (χ0v) is 13.8. The molecule has 96 valence electrons. The minimum atomic E-state index is -0.0180. The highest BCUT2D eigenvalue weighted by Crippen LogP contribution is 2.32. The van der Waals surface area contributed by atoms with Gasteiger partial charge in [-0.3, -0.25) is 0 Å². The predicted molar refractivity (Wildman–Crippen MR) is 82.0 cm³/mol. The predicted octanol–water partition coefficient (Wildman–Crippen LogP) is 4.56. The van der Waals surface area contributed by atoms with E-state index in [1.807, 2.05) is 32.0 Å². The minimum Gasteiger partial charge on any atom is -0.383 e. The number of nitrogens with zero attached hydrogens (tertiary/aromatic N) is 2. The molecule has 0 saturated carbocycles. The molecule has 1 unspecified atom stereocenters. The average molecular weight is 394 g/mol. The van der Waals surface area contributed by atoms with Gasteiger partial charge in [0.2, 0.25) is 0 Å². The van der Waals surface area contributed by atoms with Crippen LogP contribution in [0.5, 0.6) is 0 Å². The Balaban J connectivity index is 2.47. The van der Waals surface area contributed by atoms with Crippen LogP contribution in [0.15, 0.2) is 27.1 Å². The molecule has 0 radical (unpaired) electrons. The van der Waals surface area contributed by atoms with Crippen LogP contribution in [0.3, 0.4) is 0 Å². The van der Waals surface area contributed by atoms with Crippen LogP contribution >= 0.6 is 43.5 Å². The van der Waals surface area contributed by atoms with Gasteiger partial charge in [-0.2, -0.15) is 5.10 Å². The summed E-state index contributed by atoms with van der Waals surface area (Å²) in [5.74, 6) is 0.610. The monoisotopic (exact) mass is 391 g/mol. The van der Waals surface area contributed by atoms with Crippen molar-refractivity contribution < 1.29 is 0 Å². The molecule has 0 fully saturated rings. The number of aryl methyl sites for hydroxylation is 1. The Kier molecular flexibility index (Phi) is 4.04. The van der Waals surface area contributed by atoms with Gasteiger partial charge in [0.1, 0.15) is 5.82 Å². The smallest absolute Gasteiger partial charge is 0.137 e. The van der Waals surface area contributed by atoms with Crippen LogP contribution in [0.2, 0.25) is 5.02 Å². The van der Waals surface area contributed by atoms with Crippen molar-refractivity contribution >= 4 is 49.3 Å². The number of anilines is 1. The van der Waals surface area contributed by atoms with Crippen molar-refractivity contribution in [2.75, 3.05) is 5.73 Å². The lowest BCUT2D eigenvalue weighted by Crippen LogP contribution is -2.12. The molecule has 2 rings (SSSR count). The van der Waals surface area contributed by atoms with E-state index in [-0.39, 0.29) is 6.04 Å². The summed E-state index contributed by atoms with van der Waals surface area (Å²) in [4.78, 5) is 0. The van der Waals surface area contributed by atoms with E-state index in [9.17, 15) is 0 Å². The summed E-state index contributed by atoms with van der Waals surface area (Å²) in [5, 5.41) is 5.12. The standard InChI is InChI=1S/C12H12Br2ClN3/c1-6-11(14)12(16)18(17-6)7(2)9-4-3-8(13)5-10(9)15/h3-5,7H,16H2,1-2H3. The van der Waals surface area contributed by atoms with E-state index in [1.165, 1.54) is 0 Å². The first-order valence-corrected chi connectivity index (χ1v) is 7.33. The first-order chi connectivity index (χ1) is 8.41. The fourth-order valence-corrected chi connectivity index (χ4v) is 2.90. The first kappa shape index (κ1) is 13.9. The van der Waals surface area contributed by atoms with Crippen LogP contribution in [-0.4, -0.2) is 9.78 Å². The molecular weight excluding hydrogens is 381 g/mol. The summed E-state index contributed by atoms with van der Waals surface area (Å²) >= 11 is 13.1. The first-order valence-electron chi connectivity index (χ1n) is 5.37. The molecule has 0 saturated heterocycles. The van der Waals surface area contributed by atoms with Crippen LogP contribution in [-0.2, 0) is 0 Å². The normalized spacial score (nSPS) is 12.7. The molecule has 1 aromatic carbocycles. The Morgan fingerprint density at radius 2 is 2.06 bits per heavy atom. The Hall–Kier alpha value is -0.520. The number of nitrogens with two attached hydrogens (primary N) is 1. The van der Waals surface area contributed by atoms with Gasteiger partial charge in [-0.1, -0.05) is 33.6 Å². The van der Waals surface area contributed by atoms with Crippen molar-refractivity contribution in [3.8, 4) is 0 Å². The molecule has 18 heavy (non-hydrogen) atoms. The van der Waals surface area contributed by atoms with E-state index >= 15 is 0 Å². The number of benzene rings is 1. The van der Waals surface area contributed by atoms with Crippen molar-refractivity contribution in [2.24, 2.45) is 0 Å². The average Bonchev–Trinajstić information content (AvgIpc) is 2.56. The van der Waals surface area contributed by atoms with Gasteiger partial charge in [0.15, 0.2) is 0 Å². The number of hydrogen-bond donors (Lipinski definition) is 1. The maximum absolute atomic E-state index is 6.25. The second-order valence-corrected chi connectivity index (χ2v) is 6.19. The SMILES string of the molecule is Cc1nn(C(C)c2ccc(Br)cc2Cl)c(N)c1Br. The van der Waals surface area contributed by atoms with Gasteiger partial charge >= 0.3 is 0 Å².